The molecular weight excluding hydrogens is 384 g/mol. The van der Waals surface area contributed by atoms with Crippen LogP contribution in [0.2, 0.25) is 0 Å². The molecule has 0 saturated carbocycles. The molecular formula is C19H19BrN2O3. The number of carbonyl (C=O) groups is 1. The Kier molecular flexibility index (Phi) is 5.08. The Labute approximate surface area is 154 Å². The summed E-state index contributed by atoms with van der Waals surface area (Å²) in [5.74, 6) is 1.31. The lowest BCUT2D eigenvalue weighted by molar-refractivity contribution is -0.132. The fourth-order valence-electron chi connectivity index (χ4n) is 2.59. The second-order valence-corrected chi connectivity index (χ2v) is 6.91. The predicted molar refractivity (Wildman–Crippen MR) is 99.6 cm³/mol. The lowest BCUT2D eigenvalue weighted by Gasteiger charge is -2.17. The molecule has 1 amide bonds. The van der Waals surface area contributed by atoms with Gasteiger partial charge in [-0.15, -0.1) is 0 Å². The molecule has 3 aromatic rings. The van der Waals surface area contributed by atoms with Crippen LogP contribution in [0.4, 0.5) is 0 Å². The Morgan fingerprint density at radius 3 is 2.64 bits per heavy atom. The third-order valence-electron chi connectivity index (χ3n) is 4.14. The number of hydrogen-bond acceptors (Lipinski definition) is 4. The third-order valence-corrected chi connectivity index (χ3v) is 4.63. The number of fused-ring (bicyclic) bond motifs is 1. The van der Waals surface area contributed by atoms with E-state index in [0.717, 1.165) is 32.3 Å². The van der Waals surface area contributed by atoms with E-state index >= 15 is 0 Å². The summed E-state index contributed by atoms with van der Waals surface area (Å²) in [5.41, 5.74) is 1.74. The van der Waals surface area contributed by atoms with Crippen LogP contribution >= 0.6 is 15.9 Å². The first-order valence-electron chi connectivity index (χ1n) is 7.92. The van der Waals surface area contributed by atoms with E-state index in [1.54, 1.807) is 11.9 Å². The first kappa shape index (κ1) is 17.5. The molecule has 0 bridgehead atoms. The van der Waals surface area contributed by atoms with E-state index in [-0.39, 0.29) is 12.5 Å². The average Bonchev–Trinajstić information content (AvgIpc) is 2.91. The largest absolute Gasteiger partial charge is 0.484 e. The molecule has 2 aromatic carbocycles. The van der Waals surface area contributed by atoms with Crippen molar-refractivity contribution >= 4 is 32.6 Å². The van der Waals surface area contributed by atoms with Crippen molar-refractivity contribution in [3.05, 3.63) is 57.9 Å². The molecule has 0 spiro atoms. The van der Waals surface area contributed by atoms with Gasteiger partial charge in [0.2, 0.25) is 0 Å². The summed E-state index contributed by atoms with van der Waals surface area (Å²) in [6, 6.07) is 11.8. The van der Waals surface area contributed by atoms with Crippen molar-refractivity contribution in [3.8, 4) is 5.75 Å². The maximum Gasteiger partial charge on any atom is 0.260 e. The first-order valence-corrected chi connectivity index (χ1v) is 8.71. The van der Waals surface area contributed by atoms with Crippen LogP contribution in [-0.4, -0.2) is 29.6 Å². The Morgan fingerprint density at radius 1 is 1.20 bits per heavy atom. The Bertz CT molecular complexity index is 901. The first-order chi connectivity index (χ1) is 11.9. The summed E-state index contributed by atoms with van der Waals surface area (Å²) in [5, 5.41) is 6.09. The highest BCUT2D eigenvalue weighted by Crippen LogP contribution is 2.24. The maximum absolute atomic E-state index is 12.3. The molecule has 25 heavy (non-hydrogen) atoms. The number of hydrogen-bond donors (Lipinski definition) is 0. The van der Waals surface area contributed by atoms with Gasteiger partial charge in [0.1, 0.15) is 11.5 Å². The van der Waals surface area contributed by atoms with E-state index in [2.05, 4.69) is 21.1 Å². The molecule has 0 N–H and O–H groups in total. The number of likely N-dealkylation sites (N-methyl/N-ethyl adjacent to an activating group) is 1. The highest BCUT2D eigenvalue weighted by atomic mass is 79.9. The molecule has 0 unspecified atom stereocenters. The highest BCUT2D eigenvalue weighted by Gasteiger charge is 2.16. The molecule has 0 aliphatic carbocycles. The average molecular weight is 403 g/mol. The molecule has 1 aromatic heterocycles. The summed E-state index contributed by atoms with van der Waals surface area (Å²) in [4.78, 5) is 13.9. The van der Waals surface area contributed by atoms with Gasteiger partial charge in [-0.05, 0) is 48.9 Å². The second kappa shape index (κ2) is 7.27. The zero-order chi connectivity index (χ0) is 18.0. The van der Waals surface area contributed by atoms with Crippen LogP contribution in [0, 0.1) is 13.8 Å². The van der Waals surface area contributed by atoms with Crippen molar-refractivity contribution in [1.29, 1.82) is 0 Å². The Hall–Kier alpha value is -2.34. The minimum atomic E-state index is -0.101. The molecule has 0 aliphatic rings. The van der Waals surface area contributed by atoms with Crippen molar-refractivity contribution < 1.29 is 14.1 Å². The summed E-state index contributed by atoms with van der Waals surface area (Å²) >= 11 is 3.46. The minimum Gasteiger partial charge on any atom is -0.484 e. The summed E-state index contributed by atoms with van der Waals surface area (Å²) in [7, 11) is 1.75. The zero-order valence-corrected chi connectivity index (χ0v) is 16.0. The molecule has 1 heterocycles. The van der Waals surface area contributed by atoms with E-state index in [9.17, 15) is 4.79 Å². The molecule has 5 nitrogen and oxygen atoms in total. The van der Waals surface area contributed by atoms with Crippen molar-refractivity contribution in [3.63, 3.8) is 0 Å². The van der Waals surface area contributed by atoms with Crippen LogP contribution in [0.1, 0.15) is 17.0 Å². The molecule has 0 aliphatic heterocycles. The highest BCUT2D eigenvalue weighted by molar-refractivity contribution is 9.10. The second-order valence-electron chi connectivity index (χ2n) is 5.99. The summed E-state index contributed by atoms with van der Waals surface area (Å²) in [6.45, 7) is 4.16. The number of benzene rings is 2. The number of nitrogens with zero attached hydrogens (tertiary/aromatic N) is 2. The van der Waals surface area contributed by atoms with E-state index in [4.69, 9.17) is 9.26 Å². The third kappa shape index (κ3) is 4.02. The lowest BCUT2D eigenvalue weighted by Crippen LogP contribution is -2.31. The van der Waals surface area contributed by atoms with Gasteiger partial charge in [0.05, 0.1) is 12.2 Å². The number of rotatable bonds is 5. The monoisotopic (exact) mass is 402 g/mol. The predicted octanol–water partition coefficient (Wildman–Crippen LogP) is 4.24. The number of carbonyl (C=O) groups excluding carboxylic acids is 1. The van der Waals surface area contributed by atoms with Gasteiger partial charge in [0, 0.05) is 17.1 Å². The quantitative estimate of drug-likeness (QED) is 0.640. The number of aryl methyl sites for hydroxylation is 2. The molecule has 0 saturated heterocycles. The normalized spacial score (nSPS) is 10.9. The van der Waals surface area contributed by atoms with E-state index < -0.39 is 0 Å². The van der Waals surface area contributed by atoms with Crippen LogP contribution < -0.4 is 4.74 Å². The van der Waals surface area contributed by atoms with E-state index in [1.165, 1.54) is 0 Å². The molecule has 130 valence electrons. The van der Waals surface area contributed by atoms with Crippen molar-refractivity contribution in [2.75, 3.05) is 13.7 Å². The van der Waals surface area contributed by atoms with Crippen LogP contribution in [0.3, 0.4) is 0 Å². The van der Waals surface area contributed by atoms with Crippen LogP contribution in [-0.2, 0) is 11.3 Å². The molecule has 0 radical (unpaired) electrons. The standard InChI is InChI=1S/C19H19BrN2O3/c1-12-18(13(2)25-21-12)10-22(3)19(23)11-24-17-7-5-14-8-16(20)6-4-15(14)9-17/h4-9H,10-11H2,1-3H3. The van der Waals surface area contributed by atoms with Crippen LogP contribution in [0.5, 0.6) is 5.75 Å². The van der Waals surface area contributed by atoms with Crippen LogP contribution in [0.15, 0.2) is 45.4 Å². The maximum atomic E-state index is 12.3. The SMILES string of the molecule is Cc1noc(C)c1CN(C)C(=O)COc1ccc2cc(Br)ccc2c1. The van der Waals surface area contributed by atoms with Gasteiger partial charge in [-0.1, -0.05) is 33.2 Å². The van der Waals surface area contributed by atoms with Gasteiger partial charge in [0.15, 0.2) is 6.61 Å². The van der Waals surface area contributed by atoms with E-state index in [0.29, 0.717) is 12.3 Å². The zero-order valence-electron chi connectivity index (χ0n) is 14.4. The smallest absolute Gasteiger partial charge is 0.260 e. The van der Waals surface area contributed by atoms with Gasteiger partial charge in [-0.25, -0.2) is 0 Å². The van der Waals surface area contributed by atoms with Gasteiger partial charge in [0.25, 0.3) is 5.91 Å². The van der Waals surface area contributed by atoms with Crippen molar-refractivity contribution in [2.24, 2.45) is 0 Å². The fourth-order valence-corrected chi connectivity index (χ4v) is 2.97. The molecule has 0 atom stereocenters. The summed E-state index contributed by atoms with van der Waals surface area (Å²) in [6.07, 6.45) is 0. The van der Waals surface area contributed by atoms with Crippen LogP contribution in [0.25, 0.3) is 10.8 Å². The fraction of sp³-hybridized carbons (Fsp3) is 0.263. The van der Waals surface area contributed by atoms with E-state index in [1.807, 2.05) is 50.2 Å². The van der Waals surface area contributed by atoms with Crippen molar-refractivity contribution in [1.82, 2.24) is 10.1 Å². The number of halogens is 1. The van der Waals surface area contributed by atoms with Gasteiger partial charge in [-0.3, -0.25) is 4.79 Å². The molecule has 0 fully saturated rings. The molecule has 3 rings (SSSR count). The number of ether oxygens (including phenoxy) is 1. The minimum absolute atomic E-state index is 0.0120. The molecule has 6 heteroatoms. The van der Waals surface area contributed by atoms with Gasteiger partial charge in [-0.2, -0.15) is 0 Å². The van der Waals surface area contributed by atoms with Gasteiger partial charge >= 0.3 is 0 Å². The topological polar surface area (TPSA) is 55.6 Å². The Balaban J connectivity index is 1.62. The van der Waals surface area contributed by atoms with Crippen molar-refractivity contribution in [2.45, 2.75) is 20.4 Å². The number of aromatic nitrogens is 1. The summed E-state index contributed by atoms with van der Waals surface area (Å²) < 4.78 is 11.8. The Morgan fingerprint density at radius 2 is 1.92 bits per heavy atom. The lowest BCUT2D eigenvalue weighted by atomic mass is 10.1. The van der Waals surface area contributed by atoms with Gasteiger partial charge < -0.3 is 14.2 Å². The number of amides is 1.